The zero-order valence-electron chi connectivity index (χ0n) is 8.06. The van der Waals surface area contributed by atoms with Crippen LogP contribution in [0.15, 0.2) is 12.1 Å². The van der Waals surface area contributed by atoms with Gasteiger partial charge in [0.2, 0.25) is 0 Å². The summed E-state index contributed by atoms with van der Waals surface area (Å²) in [5, 5.41) is 1.49. The number of hydrogen-bond acceptors (Lipinski definition) is 1. The molecular weight excluding hydrogens is 249 g/mol. The highest BCUT2D eigenvalue weighted by Gasteiger charge is 2.19. The van der Waals surface area contributed by atoms with Gasteiger partial charge in [0.1, 0.15) is 5.15 Å². The molecule has 1 aromatic heterocycles. The second-order valence-corrected chi connectivity index (χ2v) is 4.79. The van der Waals surface area contributed by atoms with Crippen LogP contribution < -0.4 is 0 Å². The molecule has 1 nitrogen and oxygen atoms in total. The highest BCUT2D eigenvalue weighted by Crippen LogP contribution is 2.27. The van der Waals surface area contributed by atoms with Crippen LogP contribution in [0.2, 0.25) is 5.15 Å². The average Bonchev–Trinajstić information content (AvgIpc) is 2.02. The molecular formula is C10H13BrClN. The number of aryl methyl sites for hydroxylation is 1. The van der Waals surface area contributed by atoms with Crippen molar-refractivity contribution >= 4 is 27.5 Å². The van der Waals surface area contributed by atoms with Gasteiger partial charge in [-0.1, -0.05) is 41.4 Å². The van der Waals surface area contributed by atoms with Crippen LogP contribution >= 0.6 is 27.5 Å². The normalized spacial score (nSPS) is 11.8. The Morgan fingerprint density at radius 3 is 2.54 bits per heavy atom. The summed E-state index contributed by atoms with van der Waals surface area (Å²) in [5.41, 5.74) is 2.30. The molecule has 0 saturated heterocycles. The van der Waals surface area contributed by atoms with Gasteiger partial charge in [-0.05, 0) is 30.0 Å². The van der Waals surface area contributed by atoms with Crippen LogP contribution in [0, 0.1) is 6.92 Å². The molecule has 0 aromatic carbocycles. The number of hydrogen-bond donors (Lipinski definition) is 0. The van der Waals surface area contributed by atoms with E-state index in [1.54, 1.807) is 0 Å². The van der Waals surface area contributed by atoms with Crippen LogP contribution in [0.3, 0.4) is 0 Å². The first-order valence-corrected chi connectivity index (χ1v) is 5.66. The van der Waals surface area contributed by atoms with E-state index >= 15 is 0 Å². The third-order valence-electron chi connectivity index (χ3n) is 2.04. The van der Waals surface area contributed by atoms with Crippen LogP contribution in [0.1, 0.15) is 25.1 Å². The summed E-state index contributed by atoms with van der Waals surface area (Å²) in [6.07, 6.45) is 0. The van der Waals surface area contributed by atoms with Crippen LogP contribution in [-0.2, 0) is 5.41 Å². The van der Waals surface area contributed by atoms with Gasteiger partial charge < -0.3 is 0 Å². The monoisotopic (exact) mass is 261 g/mol. The minimum atomic E-state index is 0.108. The van der Waals surface area contributed by atoms with Crippen molar-refractivity contribution in [2.45, 2.75) is 26.2 Å². The predicted molar refractivity (Wildman–Crippen MR) is 60.8 cm³/mol. The zero-order valence-corrected chi connectivity index (χ0v) is 10.4. The van der Waals surface area contributed by atoms with Gasteiger partial charge in [-0.15, -0.1) is 0 Å². The molecule has 0 spiro atoms. The second kappa shape index (κ2) is 3.97. The Morgan fingerprint density at radius 1 is 1.46 bits per heavy atom. The third kappa shape index (κ3) is 2.68. The minimum Gasteiger partial charge on any atom is -0.241 e. The van der Waals surface area contributed by atoms with Gasteiger partial charge >= 0.3 is 0 Å². The molecule has 72 valence electrons. The van der Waals surface area contributed by atoms with Crippen molar-refractivity contribution in [2.75, 3.05) is 5.33 Å². The third-order valence-corrected chi connectivity index (χ3v) is 3.63. The Hall–Kier alpha value is -0.0800. The lowest BCUT2D eigenvalue weighted by atomic mass is 9.87. The zero-order chi connectivity index (χ0) is 10.1. The first-order valence-electron chi connectivity index (χ1n) is 4.16. The van der Waals surface area contributed by atoms with Crippen molar-refractivity contribution in [1.82, 2.24) is 4.98 Å². The lowest BCUT2D eigenvalue weighted by molar-refractivity contribution is 0.605. The highest BCUT2D eigenvalue weighted by atomic mass is 79.9. The molecule has 1 heterocycles. The Kier molecular flexibility index (Phi) is 3.36. The molecule has 0 unspecified atom stereocenters. The standard InChI is InChI=1S/C10H13BrClN/c1-7-4-8(5-9(12)13-7)10(2,3)6-11/h4-5H,6H2,1-3H3. The van der Waals surface area contributed by atoms with Crippen LogP contribution in [0.25, 0.3) is 0 Å². The molecule has 0 aliphatic carbocycles. The molecule has 0 aliphatic heterocycles. The van der Waals surface area contributed by atoms with Gasteiger partial charge in [0.05, 0.1) is 0 Å². The van der Waals surface area contributed by atoms with Gasteiger partial charge in [-0.3, -0.25) is 0 Å². The van der Waals surface area contributed by atoms with E-state index in [0.29, 0.717) is 5.15 Å². The summed E-state index contributed by atoms with van der Waals surface area (Å²) >= 11 is 9.38. The van der Waals surface area contributed by atoms with Crippen molar-refractivity contribution in [2.24, 2.45) is 0 Å². The highest BCUT2D eigenvalue weighted by molar-refractivity contribution is 9.09. The average molecular weight is 263 g/mol. The van der Waals surface area contributed by atoms with E-state index in [2.05, 4.69) is 40.8 Å². The molecule has 0 aliphatic rings. The van der Waals surface area contributed by atoms with Gasteiger partial charge in [0.25, 0.3) is 0 Å². The number of nitrogens with zero attached hydrogens (tertiary/aromatic N) is 1. The molecule has 0 bridgehead atoms. The van der Waals surface area contributed by atoms with Crippen LogP contribution in [0.5, 0.6) is 0 Å². The molecule has 3 heteroatoms. The molecule has 13 heavy (non-hydrogen) atoms. The SMILES string of the molecule is Cc1cc(C(C)(C)CBr)cc(Cl)n1. The molecule has 0 saturated carbocycles. The number of aromatic nitrogens is 1. The number of pyridine rings is 1. The van der Waals surface area contributed by atoms with Crippen molar-refractivity contribution in [3.8, 4) is 0 Å². The molecule has 0 fully saturated rings. The summed E-state index contributed by atoms with van der Waals surface area (Å²) in [6.45, 7) is 6.30. The van der Waals surface area contributed by atoms with E-state index in [4.69, 9.17) is 11.6 Å². The van der Waals surface area contributed by atoms with E-state index in [-0.39, 0.29) is 5.41 Å². The van der Waals surface area contributed by atoms with E-state index in [0.717, 1.165) is 11.0 Å². The Morgan fingerprint density at radius 2 is 2.08 bits per heavy atom. The first kappa shape index (κ1) is 11.0. The van der Waals surface area contributed by atoms with E-state index in [1.807, 2.05) is 13.0 Å². The van der Waals surface area contributed by atoms with Gasteiger partial charge in [-0.2, -0.15) is 0 Å². The van der Waals surface area contributed by atoms with Crippen molar-refractivity contribution < 1.29 is 0 Å². The summed E-state index contributed by atoms with van der Waals surface area (Å²) in [5.74, 6) is 0. The number of halogens is 2. The number of alkyl halides is 1. The Bertz CT molecular complexity index is 290. The fourth-order valence-electron chi connectivity index (χ4n) is 1.10. The molecule has 0 N–H and O–H groups in total. The topological polar surface area (TPSA) is 12.9 Å². The van der Waals surface area contributed by atoms with Gasteiger partial charge in [0, 0.05) is 11.0 Å². The summed E-state index contributed by atoms with van der Waals surface area (Å²) in [7, 11) is 0. The Labute approximate surface area is 92.6 Å². The van der Waals surface area contributed by atoms with Crippen LogP contribution in [-0.4, -0.2) is 10.3 Å². The summed E-state index contributed by atoms with van der Waals surface area (Å²) < 4.78 is 0. The maximum Gasteiger partial charge on any atom is 0.129 e. The summed E-state index contributed by atoms with van der Waals surface area (Å²) in [4.78, 5) is 4.13. The van der Waals surface area contributed by atoms with Crippen LogP contribution in [0.4, 0.5) is 0 Å². The van der Waals surface area contributed by atoms with Gasteiger partial charge in [-0.25, -0.2) is 4.98 Å². The lowest BCUT2D eigenvalue weighted by Gasteiger charge is -2.22. The number of rotatable bonds is 2. The lowest BCUT2D eigenvalue weighted by Crippen LogP contribution is -2.19. The fraction of sp³-hybridized carbons (Fsp3) is 0.500. The molecule has 0 amide bonds. The fourth-order valence-corrected chi connectivity index (χ4v) is 1.67. The Balaban J connectivity index is 3.15. The van der Waals surface area contributed by atoms with E-state index < -0.39 is 0 Å². The smallest absolute Gasteiger partial charge is 0.129 e. The maximum absolute atomic E-state index is 5.89. The quantitative estimate of drug-likeness (QED) is 0.585. The predicted octanol–water partition coefficient (Wildman–Crippen LogP) is 3.72. The minimum absolute atomic E-state index is 0.108. The van der Waals surface area contributed by atoms with E-state index in [9.17, 15) is 0 Å². The largest absolute Gasteiger partial charge is 0.241 e. The van der Waals surface area contributed by atoms with Crippen molar-refractivity contribution in [3.05, 3.63) is 28.5 Å². The van der Waals surface area contributed by atoms with E-state index in [1.165, 1.54) is 5.56 Å². The second-order valence-electron chi connectivity index (χ2n) is 3.84. The maximum atomic E-state index is 5.89. The van der Waals surface area contributed by atoms with Crippen molar-refractivity contribution in [3.63, 3.8) is 0 Å². The summed E-state index contributed by atoms with van der Waals surface area (Å²) in [6, 6.07) is 4.00. The van der Waals surface area contributed by atoms with Crippen molar-refractivity contribution in [1.29, 1.82) is 0 Å². The molecule has 0 atom stereocenters. The first-order chi connectivity index (χ1) is 5.95. The van der Waals surface area contributed by atoms with Gasteiger partial charge in [0.15, 0.2) is 0 Å². The molecule has 1 rings (SSSR count). The molecule has 1 aromatic rings. The molecule has 0 radical (unpaired) electrons.